The number of rotatable bonds is 21. The van der Waals surface area contributed by atoms with Gasteiger partial charge in [-0.2, -0.15) is 0 Å². The molecule has 0 aromatic heterocycles. The molecule has 0 heterocycles. The third kappa shape index (κ3) is 17.1. The summed E-state index contributed by atoms with van der Waals surface area (Å²) in [6.45, 7) is 12.2. The first kappa shape index (κ1) is 29.9. The summed E-state index contributed by atoms with van der Waals surface area (Å²) in [5.74, 6) is -0.192. The molecule has 0 spiro atoms. The molecule has 9 heteroatoms. The monoisotopic (exact) mass is 451 g/mol. The Bertz CT molecular complexity index is 465. The van der Waals surface area contributed by atoms with Crippen LogP contribution in [0.2, 0.25) is 0 Å². The second-order valence-electron chi connectivity index (χ2n) is 7.66. The molecule has 0 aliphatic carbocycles. The Hall–Kier alpha value is -1.13. The predicted molar refractivity (Wildman–Crippen MR) is 116 cm³/mol. The Morgan fingerprint density at radius 3 is 1.77 bits per heavy atom. The largest absolute Gasteiger partial charge is 0.377 e. The smallest absolute Gasteiger partial charge is 0.222 e. The number of amides is 1. The van der Waals surface area contributed by atoms with Crippen LogP contribution >= 0.6 is 0 Å². The Labute approximate surface area is 186 Å². The second kappa shape index (κ2) is 19.5. The maximum absolute atomic E-state index is 14.0. The Balaban J connectivity index is 3.42. The van der Waals surface area contributed by atoms with E-state index in [1.807, 2.05) is 27.7 Å². The number of halogens is 1. The number of Topliss-reactive ketones (excluding diaryl/α,β-unsaturated/α-hetero) is 1. The van der Waals surface area contributed by atoms with Crippen molar-refractivity contribution < 1.29 is 37.7 Å². The molecule has 184 valence electrons. The molecular weight excluding hydrogens is 409 g/mol. The topological polar surface area (TPSA) is 92.3 Å². The van der Waals surface area contributed by atoms with E-state index in [1.165, 1.54) is 0 Å². The second-order valence-corrected chi connectivity index (χ2v) is 7.66. The lowest BCUT2D eigenvalue weighted by Crippen LogP contribution is -2.38. The van der Waals surface area contributed by atoms with Crippen LogP contribution in [0.15, 0.2) is 0 Å². The number of carbonyl (C=O) groups is 2. The van der Waals surface area contributed by atoms with Crippen LogP contribution < -0.4 is 5.32 Å². The highest BCUT2D eigenvalue weighted by molar-refractivity contribution is 5.81. The Morgan fingerprint density at radius 2 is 1.29 bits per heavy atom. The SMILES string of the molecule is CCC(C)C(=O)NCC(F)C(C)OCCOCCOCCOCCOCC(=O)C(C)C. The molecule has 0 radical (unpaired) electrons. The van der Waals surface area contributed by atoms with E-state index < -0.39 is 12.3 Å². The average molecular weight is 452 g/mol. The summed E-state index contributed by atoms with van der Waals surface area (Å²) in [4.78, 5) is 23.0. The van der Waals surface area contributed by atoms with E-state index in [-0.39, 0.29) is 43.3 Å². The van der Waals surface area contributed by atoms with Crippen LogP contribution in [-0.2, 0) is 33.3 Å². The van der Waals surface area contributed by atoms with E-state index in [9.17, 15) is 14.0 Å². The highest BCUT2D eigenvalue weighted by Gasteiger charge is 2.19. The van der Waals surface area contributed by atoms with Crippen molar-refractivity contribution in [2.75, 3.05) is 66.0 Å². The number of ether oxygens (including phenoxy) is 5. The molecule has 31 heavy (non-hydrogen) atoms. The minimum Gasteiger partial charge on any atom is -0.377 e. The van der Waals surface area contributed by atoms with E-state index in [1.54, 1.807) is 6.92 Å². The van der Waals surface area contributed by atoms with Gasteiger partial charge in [0.05, 0.1) is 65.5 Å². The maximum Gasteiger partial charge on any atom is 0.222 e. The molecule has 0 aliphatic rings. The summed E-state index contributed by atoms with van der Waals surface area (Å²) in [6.07, 6.45) is -1.17. The summed E-state index contributed by atoms with van der Waals surface area (Å²) in [6, 6.07) is 0. The van der Waals surface area contributed by atoms with Crippen molar-refractivity contribution in [1.29, 1.82) is 0 Å². The fraction of sp³-hybridized carbons (Fsp3) is 0.909. The zero-order valence-corrected chi connectivity index (χ0v) is 19.8. The number of ketones is 1. The van der Waals surface area contributed by atoms with Gasteiger partial charge < -0.3 is 29.0 Å². The zero-order valence-electron chi connectivity index (χ0n) is 19.8. The molecule has 8 nitrogen and oxygen atoms in total. The predicted octanol–water partition coefficient (Wildman–Crippen LogP) is 2.18. The maximum atomic E-state index is 14.0. The quantitative estimate of drug-likeness (QED) is 0.267. The lowest BCUT2D eigenvalue weighted by atomic mass is 10.1. The summed E-state index contributed by atoms with van der Waals surface area (Å²) >= 11 is 0. The lowest BCUT2D eigenvalue weighted by Gasteiger charge is -2.19. The first-order valence-electron chi connectivity index (χ1n) is 11.2. The number of nitrogens with one attached hydrogen (secondary N) is 1. The molecule has 3 unspecified atom stereocenters. The van der Waals surface area contributed by atoms with Gasteiger partial charge in [0, 0.05) is 11.8 Å². The standard InChI is InChI=1S/C22H42FNO7/c1-6-18(4)22(26)24-15-20(23)19(5)31-14-13-29-10-9-27-7-8-28-11-12-30-16-21(25)17(2)3/h17-20H,6-16H2,1-5H3,(H,24,26). The molecule has 0 aromatic carbocycles. The first-order valence-corrected chi connectivity index (χ1v) is 11.2. The molecule has 0 bridgehead atoms. The fourth-order valence-corrected chi connectivity index (χ4v) is 2.12. The van der Waals surface area contributed by atoms with Crippen LogP contribution in [0.1, 0.15) is 41.0 Å². The summed E-state index contributed by atoms with van der Waals surface area (Å²) in [7, 11) is 0. The number of alkyl halides is 1. The van der Waals surface area contributed by atoms with Crippen molar-refractivity contribution in [3.63, 3.8) is 0 Å². The van der Waals surface area contributed by atoms with E-state index in [0.717, 1.165) is 6.42 Å². The van der Waals surface area contributed by atoms with Gasteiger partial charge in [-0.05, 0) is 13.3 Å². The van der Waals surface area contributed by atoms with Gasteiger partial charge in [0.2, 0.25) is 5.91 Å². The molecule has 3 atom stereocenters. The fourth-order valence-electron chi connectivity index (χ4n) is 2.12. The summed E-state index contributed by atoms with van der Waals surface area (Å²) in [5.41, 5.74) is 0. The van der Waals surface area contributed by atoms with Gasteiger partial charge in [-0.15, -0.1) is 0 Å². The van der Waals surface area contributed by atoms with Gasteiger partial charge in [-0.25, -0.2) is 4.39 Å². The minimum atomic E-state index is -1.27. The van der Waals surface area contributed by atoms with Crippen molar-refractivity contribution in [1.82, 2.24) is 5.32 Å². The van der Waals surface area contributed by atoms with Crippen LogP contribution in [0.25, 0.3) is 0 Å². The van der Waals surface area contributed by atoms with Gasteiger partial charge in [0.15, 0.2) is 5.78 Å². The average Bonchev–Trinajstić information content (AvgIpc) is 2.76. The van der Waals surface area contributed by atoms with Gasteiger partial charge in [0.1, 0.15) is 12.8 Å². The normalized spacial score (nSPS) is 14.4. The van der Waals surface area contributed by atoms with Gasteiger partial charge in [0.25, 0.3) is 0 Å². The molecule has 1 amide bonds. The van der Waals surface area contributed by atoms with Crippen molar-refractivity contribution in [3.05, 3.63) is 0 Å². The third-order valence-electron chi connectivity index (χ3n) is 4.65. The molecule has 0 fully saturated rings. The van der Waals surface area contributed by atoms with Gasteiger partial charge in [-0.1, -0.05) is 27.7 Å². The molecule has 0 saturated heterocycles. The van der Waals surface area contributed by atoms with Gasteiger partial charge >= 0.3 is 0 Å². The third-order valence-corrected chi connectivity index (χ3v) is 4.65. The van der Waals surface area contributed by atoms with Crippen LogP contribution in [0.3, 0.4) is 0 Å². The van der Waals surface area contributed by atoms with Crippen molar-refractivity contribution in [2.24, 2.45) is 11.8 Å². The van der Waals surface area contributed by atoms with E-state index in [2.05, 4.69) is 5.32 Å². The van der Waals surface area contributed by atoms with E-state index in [4.69, 9.17) is 23.7 Å². The highest BCUT2D eigenvalue weighted by Crippen LogP contribution is 2.05. The first-order chi connectivity index (χ1) is 14.8. The van der Waals surface area contributed by atoms with Crippen molar-refractivity contribution >= 4 is 11.7 Å². The number of carbonyl (C=O) groups excluding carboxylic acids is 2. The molecule has 0 aromatic rings. The Kier molecular flexibility index (Phi) is 18.8. The van der Waals surface area contributed by atoms with Crippen molar-refractivity contribution in [3.8, 4) is 0 Å². The zero-order chi connectivity index (χ0) is 23.5. The van der Waals surface area contributed by atoms with Crippen LogP contribution in [0, 0.1) is 11.8 Å². The van der Waals surface area contributed by atoms with Crippen LogP contribution in [0.5, 0.6) is 0 Å². The van der Waals surface area contributed by atoms with Crippen molar-refractivity contribution in [2.45, 2.75) is 53.3 Å². The van der Waals surface area contributed by atoms with E-state index >= 15 is 0 Å². The van der Waals surface area contributed by atoms with Crippen LogP contribution in [-0.4, -0.2) is 90.0 Å². The van der Waals surface area contributed by atoms with E-state index in [0.29, 0.717) is 46.2 Å². The van der Waals surface area contributed by atoms with Gasteiger partial charge in [-0.3, -0.25) is 9.59 Å². The Morgan fingerprint density at radius 1 is 0.806 bits per heavy atom. The molecular formula is C22H42FNO7. The highest BCUT2D eigenvalue weighted by atomic mass is 19.1. The lowest BCUT2D eigenvalue weighted by molar-refractivity contribution is -0.127. The summed E-state index contributed by atoms with van der Waals surface area (Å²) < 4.78 is 40.7. The number of hydrogen-bond donors (Lipinski definition) is 1. The van der Waals surface area contributed by atoms with Crippen LogP contribution in [0.4, 0.5) is 4.39 Å². The molecule has 0 rings (SSSR count). The number of hydrogen-bond acceptors (Lipinski definition) is 7. The minimum absolute atomic E-state index is 0.0133. The molecule has 1 N–H and O–H groups in total. The molecule has 0 aliphatic heterocycles. The molecule has 0 saturated carbocycles. The summed E-state index contributed by atoms with van der Waals surface area (Å²) in [5, 5.41) is 2.60.